The van der Waals surface area contributed by atoms with Gasteiger partial charge in [0.15, 0.2) is 0 Å². The maximum Gasteiger partial charge on any atom is 0.257 e. The molecule has 37 heavy (non-hydrogen) atoms. The normalized spacial score (nSPS) is 12.7. The monoisotopic (exact) mass is 497 g/mol. The van der Waals surface area contributed by atoms with E-state index >= 15 is 0 Å². The third-order valence-electron chi connectivity index (χ3n) is 6.11. The van der Waals surface area contributed by atoms with Gasteiger partial charge in [0, 0.05) is 43.3 Å². The second-order valence-corrected chi connectivity index (χ2v) is 8.97. The van der Waals surface area contributed by atoms with Crippen LogP contribution in [0.2, 0.25) is 0 Å². The Morgan fingerprint density at radius 3 is 2.38 bits per heavy atom. The summed E-state index contributed by atoms with van der Waals surface area (Å²) in [5.74, 6) is -0.346. The molecular formula is C28H27N5O4. The molecule has 1 saturated carbocycles. The van der Waals surface area contributed by atoms with E-state index in [-0.39, 0.29) is 23.7 Å². The van der Waals surface area contributed by atoms with Gasteiger partial charge < -0.3 is 19.9 Å². The minimum Gasteiger partial charge on any atom is -0.494 e. The maximum atomic E-state index is 13.2. The van der Waals surface area contributed by atoms with Gasteiger partial charge in [-0.05, 0) is 30.5 Å². The zero-order valence-electron chi connectivity index (χ0n) is 20.4. The summed E-state index contributed by atoms with van der Waals surface area (Å²) in [6.45, 7) is 0.571. The Bertz CT molecular complexity index is 1490. The fourth-order valence-corrected chi connectivity index (χ4v) is 4.01. The first-order chi connectivity index (χ1) is 18.0. The Morgan fingerprint density at radius 1 is 0.946 bits per heavy atom. The number of para-hydroxylation sites is 2. The summed E-state index contributed by atoms with van der Waals surface area (Å²) in [5, 5.41) is 10.0. The average Bonchev–Trinajstić information content (AvgIpc) is 3.61. The van der Waals surface area contributed by atoms with Crippen LogP contribution in [0.15, 0.2) is 84.2 Å². The Kier molecular flexibility index (Phi) is 6.85. The molecule has 0 unspecified atom stereocenters. The minimum absolute atomic E-state index is 0.0422. The van der Waals surface area contributed by atoms with Gasteiger partial charge in [-0.25, -0.2) is 4.68 Å². The fraction of sp³-hybridized carbons (Fsp3) is 0.214. The topological polar surface area (TPSA) is 107 Å². The van der Waals surface area contributed by atoms with Crippen LogP contribution in [-0.4, -0.2) is 39.3 Å². The second-order valence-electron chi connectivity index (χ2n) is 8.97. The molecule has 0 bridgehead atoms. The highest BCUT2D eigenvalue weighted by atomic mass is 16.5. The van der Waals surface area contributed by atoms with Crippen LogP contribution >= 0.6 is 0 Å². The van der Waals surface area contributed by atoms with Gasteiger partial charge >= 0.3 is 0 Å². The first kappa shape index (κ1) is 24.1. The third kappa shape index (κ3) is 5.61. The number of amides is 2. The molecule has 0 atom stereocenters. The van der Waals surface area contributed by atoms with Crippen molar-refractivity contribution in [2.24, 2.45) is 0 Å². The smallest absolute Gasteiger partial charge is 0.257 e. The van der Waals surface area contributed by atoms with Crippen molar-refractivity contribution in [1.82, 2.24) is 25.0 Å². The summed E-state index contributed by atoms with van der Waals surface area (Å²) in [6, 6.07) is 17.2. The van der Waals surface area contributed by atoms with Crippen LogP contribution in [0.1, 0.15) is 44.7 Å². The summed E-state index contributed by atoms with van der Waals surface area (Å²) >= 11 is 0. The number of hydrogen-bond acceptors (Lipinski definition) is 5. The molecule has 188 valence electrons. The summed E-state index contributed by atoms with van der Waals surface area (Å²) in [4.78, 5) is 39.1. The number of nitrogens with zero attached hydrogens (tertiary/aromatic N) is 3. The van der Waals surface area contributed by atoms with Gasteiger partial charge in [0.1, 0.15) is 22.6 Å². The van der Waals surface area contributed by atoms with Crippen molar-refractivity contribution in [3.05, 3.63) is 112 Å². The van der Waals surface area contributed by atoms with Crippen molar-refractivity contribution < 1.29 is 14.3 Å². The lowest BCUT2D eigenvalue weighted by molar-refractivity contribution is 0.0948. The van der Waals surface area contributed by atoms with E-state index < -0.39 is 17.2 Å². The van der Waals surface area contributed by atoms with Gasteiger partial charge in [0.05, 0.1) is 13.3 Å². The van der Waals surface area contributed by atoms with Crippen LogP contribution in [0.3, 0.4) is 0 Å². The molecule has 2 aromatic heterocycles. The van der Waals surface area contributed by atoms with E-state index in [9.17, 15) is 14.4 Å². The van der Waals surface area contributed by atoms with Crippen molar-refractivity contribution in [1.29, 1.82) is 0 Å². The molecule has 2 aromatic carbocycles. The number of nitrogens with one attached hydrogen (secondary N) is 2. The van der Waals surface area contributed by atoms with Crippen molar-refractivity contribution in [3.63, 3.8) is 0 Å². The van der Waals surface area contributed by atoms with Gasteiger partial charge in [-0.2, -0.15) is 5.10 Å². The molecule has 4 aromatic rings. The molecule has 0 radical (unpaired) electrons. The number of carbonyl (C=O) groups excluding carboxylic acids is 2. The Morgan fingerprint density at radius 2 is 1.65 bits per heavy atom. The number of aromatic nitrogens is 3. The Hall–Kier alpha value is -4.66. The summed E-state index contributed by atoms with van der Waals surface area (Å²) in [5.41, 5.74) is 1.77. The molecule has 5 rings (SSSR count). The standard InChI is InChI=1S/C28H27N5O4/c1-37-25-10-6-5-9-24(25)33-16-20(14-30-33)13-29-27(35)22-17-32(15-19-7-3-2-4-8-19)18-23(26(22)34)28(36)31-21-11-12-21/h2-10,14,16-18,21H,11-13,15H2,1H3,(H,29,35)(H,31,36). The van der Waals surface area contributed by atoms with Crippen LogP contribution in [0.5, 0.6) is 5.75 Å². The number of carbonyl (C=O) groups is 2. The van der Waals surface area contributed by atoms with Crippen LogP contribution < -0.4 is 20.8 Å². The Balaban J connectivity index is 1.37. The summed E-state index contributed by atoms with van der Waals surface area (Å²) < 4.78 is 8.75. The lowest BCUT2D eigenvalue weighted by atomic mass is 10.1. The van der Waals surface area contributed by atoms with E-state index in [1.54, 1.807) is 28.8 Å². The molecule has 0 aliphatic heterocycles. The lowest BCUT2D eigenvalue weighted by Gasteiger charge is -2.13. The van der Waals surface area contributed by atoms with Crippen LogP contribution in [0.4, 0.5) is 0 Å². The minimum atomic E-state index is -0.593. The summed E-state index contributed by atoms with van der Waals surface area (Å²) in [7, 11) is 1.59. The van der Waals surface area contributed by atoms with E-state index in [2.05, 4.69) is 15.7 Å². The highest BCUT2D eigenvalue weighted by molar-refractivity contribution is 5.99. The third-order valence-corrected chi connectivity index (χ3v) is 6.11. The molecule has 9 heteroatoms. The van der Waals surface area contributed by atoms with Gasteiger partial charge in [-0.1, -0.05) is 42.5 Å². The number of pyridine rings is 1. The fourth-order valence-electron chi connectivity index (χ4n) is 4.01. The first-order valence-corrected chi connectivity index (χ1v) is 12.1. The molecule has 1 fully saturated rings. The van der Waals surface area contributed by atoms with Crippen LogP contribution in [-0.2, 0) is 13.1 Å². The van der Waals surface area contributed by atoms with Gasteiger partial charge in [-0.3, -0.25) is 14.4 Å². The zero-order chi connectivity index (χ0) is 25.8. The van der Waals surface area contributed by atoms with Crippen molar-refractivity contribution >= 4 is 11.8 Å². The predicted octanol–water partition coefficient (Wildman–Crippen LogP) is 2.91. The SMILES string of the molecule is COc1ccccc1-n1cc(CNC(=O)c2cn(Cc3ccccc3)cc(C(=O)NC3CC3)c2=O)cn1. The van der Waals surface area contributed by atoms with Crippen molar-refractivity contribution in [2.75, 3.05) is 7.11 Å². The highest BCUT2D eigenvalue weighted by Gasteiger charge is 2.26. The van der Waals surface area contributed by atoms with Crippen molar-refractivity contribution in [3.8, 4) is 11.4 Å². The molecule has 1 aliphatic carbocycles. The van der Waals surface area contributed by atoms with Gasteiger partial charge in [0.2, 0.25) is 5.43 Å². The van der Waals surface area contributed by atoms with E-state index in [0.717, 1.165) is 29.7 Å². The number of rotatable bonds is 9. The van der Waals surface area contributed by atoms with Gasteiger partial charge in [-0.15, -0.1) is 0 Å². The first-order valence-electron chi connectivity index (χ1n) is 12.1. The predicted molar refractivity (Wildman–Crippen MR) is 138 cm³/mol. The summed E-state index contributed by atoms with van der Waals surface area (Å²) in [6.07, 6.45) is 8.22. The van der Waals surface area contributed by atoms with E-state index in [1.165, 1.54) is 12.4 Å². The Labute approximate surface area is 213 Å². The number of benzene rings is 2. The lowest BCUT2D eigenvalue weighted by Crippen LogP contribution is -2.36. The molecule has 2 heterocycles. The van der Waals surface area contributed by atoms with Gasteiger partial charge in [0.25, 0.3) is 11.8 Å². The number of hydrogen-bond donors (Lipinski definition) is 2. The van der Waals surface area contributed by atoms with Crippen LogP contribution in [0, 0.1) is 0 Å². The van der Waals surface area contributed by atoms with Crippen LogP contribution in [0.25, 0.3) is 5.69 Å². The van der Waals surface area contributed by atoms with Crippen molar-refractivity contribution in [2.45, 2.75) is 32.0 Å². The maximum absolute atomic E-state index is 13.2. The van der Waals surface area contributed by atoms with E-state index in [4.69, 9.17) is 4.74 Å². The number of ether oxygens (including phenoxy) is 1. The molecule has 0 spiro atoms. The second kappa shape index (κ2) is 10.5. The molecular weight excluding hydrogens is 470 g/mol. The van der Waals surface area contributed by atoms with E-state index in [0.29, 0.717) is 12.3 Å². The largest absolute Gasteiger partial charge is 0.494 e. The van der Waals surface area contributed by atoms with E-state index in [1.807, 2.05) is 54.6 Å². The average molecular weight is 498 g/mol. The quantitative estimate of drug-likeness (QED) is 0.370. The molecule has 9 nitrogen and oxygen atoms in total. The molecule has 2 N–H and O–H groups in total. The highest BCUT2D eigenvalue weighted by Crippen LogP contribution is 2.21. The number of methoxy groups -OCH3 is 1. The molecule has 1 aliphatic rings. The zero-order valence-corrected chi connectivity index (χ0v) is 20.4. The molecule has 0 saturated heterocycles. The molecule has 2 amide bonds.